The molecular weight excluding hydrogens is 329 g/mol. The number of carbonyl (C=O) groups is 1. The molecule has 2 nitrogen and oxygen atoms in total. The molecule has 1 aromatic carbocycles. The quantitative estimate of drug-likeness (QED) is 0.642. The average Bonchev–Trinajstić information content (AvgIpc) is 2.59. The highest BCUT2D eigenvalue weighted by Gasteiger charge is 2.33. The molecule has 3 rings (SSSR count). The molecule has 0 aliphatic heterocycles. The van der Waals surface area contributed by atoms with Gasteiger partial charge in [-0.2, -0.15) is 0 Å². The van der Waals surface area contributed by atoms with Crippen molar-refractivity contribution in [3.05, 3.63) is 33.8 Å². The SMILES string of the molecule is O=C(c1cc(Cl)ccc1Cl)N(C1CCCCC1)C1CCCCC1. The maximum absolute atomic E-state index is 13.3. The van der Waals surface area contributed by atoms with E-state index < -0.39 is 0 Å². The van der Waals surface area contributed by atoms with Crippen molar-refractivity contribution in [1.82, 2.24) is 4.90 Å². The minimum atomic E-state index is 0.0799. The average molecular weight is 354 g/mol. The largest absolute Gasteiger partial charge is 0.333 e. The zero-order valence-electron chi connectivity index (χ0n) is 13.6. The summed E-state index contributed by atoms with van der Waals surface area (Å²) in [6.07, 6.45) is 12.0. The molecule has 4 heteroatoms. The Labute approximate surface area is 149 Å². The van der Waals surface area contributed by atoms with Crippen LogP contribution in [0, 0.1) is 0 Å². The van der Waals surface area contributed by atoms with E-state index in [2.05, 4.69) is 4.90 Å². The molecule has 0 spiro atoms. The first kappa shape index (κ1) is 17.1. The lowest BCUT2D eigenvalue weighted by molar-refractivity contribution is 0.0448. The summed E-state index contributed by atoms with van der Waals surface area (Å²) >= 11 is 12.4. The van der Waals surface area contributed by atoms with Gasteiger partial charge in [0.05, 0.1) is 10.6 Å². The molecule has 0 aromatic heterocycles. The van der Waals surface area contributed by atoms with E-state index in [1.54, 1.807) is 18.2 Å². The third kappa shape index (κ3) is 4.03. The standard InChI is InChI=1S/C19H25Cl2NO/c20-14-11-12-18(21)17(13-14)19(23)22(15-7-3-1-4-8-15)16-9-5-2-6-10-16/h11-13,15-16H,1-10H2. The van der Waals surface area contributed by atoms with Gasteiger partial charge >= 0.3 is 0 Å². The summed E-state index contributed by atoms with van der Waals surface area (Å²) in [6.45, 7) is 0. The van der Waals surface area contributed by atoms with Crippen LogP contribution in [0.15, 0.2) is 18.2 Å². The monoisotopic (exact) mass is 353 g/mol. The van der Waals surface area contributed by atoms with Crippen molar-refractivity contribution in [3.8, 4) is 0 Å². The molecular formula is C19H25Cl2NO. The van der Waals surface area contributed by atoms with Gasteiger partial charge < -0.3 is 4.90 Å². The van der Waals surface area contributed by atoms with Crippen LogP contribution < -0.4 is 0 Å². The van der Waals surface area contributed by atoms with E-state index in [-0.39, 0.29) is 5.91 Å². The minimum absolute atomic E-state index is 0.0799. The van der Waals surface area contributed by atoms with Crippen LogP contribution in [0.4, 0.5) is 0 Å². The smallest absolute Gasteiger partial charge is 0.255 e. The Hall–Kier alpha value is -0.730. The van der Waals surface area contributed by atoms with Crippen LogP contribution in [-0.2, 0) is 0 Å². The molecule has 0 heterocycles. The van der Waals surface area contributed by atoms with Crippen molar-refractivity contribution >= 4 is 29.1 Å². The molecule has 2 saturated carbocycles. The Kier molecular flexibility index (Phi) is 5.87. The first-order valence-corrected chi connectivity index (χ1v) is 9.70. The van der Waals surface area contributed by atoms with Gasteiger partial charge in [-0.3, -0.25) is 4.79 Å². The van der Waals surface area contributed by atoms with Gasteiger partial charge in [-0.1, -0.05) is 61.7 Å². The Morgan fingerprint density at radius 1 is 0.870 bits per heavy atom. The van der Waals surface area contributed by atoms with Crippen molar-refractivity contribution in [1.29, 1.82) is 0 Å². The molecule has 0 atom stereocenters. The van der Waals surface area contributed by atoms with Gasteiger partial charge in [0.25, 0.3) is 5.91 Å². The highest BCUT2D eigenvalue weighted by atomic mass is 35.5. The summed E-state index contributed by atoms with van der Waals surface area (Å²) in [6, 6.07) is 5.94. The topological polar surface area (TPSA) is 20.3 Å². The second kappa shape index (κ2) is 7.90. The Bertz CT molecular complexity index is 530. The van der Waals surface area contributed by atoms with Crippen LogP contribution in [0.2, 0.25) is 10.0 Å². The molecule has 1 aromatic rings. The third-order valence-corrected chi connectivity index (χ3v) is 5.89. The molecule has 126 valence electrons. The van der Waals surface area contributed by atoms with Gasteiger partial charge in [0.2, 0.25) is 0 Å². The molecule has 0 N–H and O–H groups in total. The number of nitrogens with zero attached hydrogens (tertiary/aromatic N) is 1. The maximum Gasteiger partial charge on any atom is 0.255 e. The number of rotatable bonds is 3. The molecule has 2 aliphatic rings. The predicted molar refractivity (Wildman–Crippen MR) is 96.4 cm³/mol. The first-order valence-electron chi connectivity index (χ1n) is 8.94. The molecule has 23 heavy (non-hydrogen) atoms. The van der Waals surface area contributed by atoms with Crippen LogP contribution in [0.1, 0.15) is 74.6 Å². The lowest BCUT2D eigenvalue weighted by atomic mass is 9.88. The van der Waals surface area contributed by atoms with Crippen LogP contribution in [0.3, 0.4) is 0 Å². The lowest BCUT2D eigenvalue weighted by Gasteiger charge is -2.42. The Balaban J connectivity index is 1.89. The zero-order valence-corrected chi connectivity index (χ0v) is 15.1. The zero-order chi connectivity index (χ0) is 16.2. The summed E-state index contributed by atoms with van der Waals surface area (Å²) < 4.78 is 0. The third-order valence-electron chi connectivity index (χ3n) is 5.33. The van der Waals surface area contributed by atoms with Gasteiger partial charge in [-0.25, -0.2) is 0 Å². The molecule has 0 saturated heterocycles. The second-order valence-corrected chi connectivity index (χ2v) is 7.76. The lowest BCUT2D eigenvalue weighted by Crippen LogP contribution is -2.48. The van der Waals surface area contributed by atoms with E-state index in [0.717, 1.165) is 25.7 Å². The Morgan fingerprint density at radius 3 is 1.91 bits per heavy atom. The Morgan fingerprint density at radius 2 is 1.39 bits per heavy atom. The number of hydrogen-bond acceptors (Lipinski definition) is 1. The van der Waals surface area contributed by atoms with Crippen LogP contribution >= 0.6 is 23.2 Å². The summed E-state index contributed by atoms with van der Waals surface area (Å²) in [5, 5.41) is 1.08. The van der Waals surface area contributed by atoms with Crippen molar-refractivity contribution in [2.45, 2.75) is 76.3 Å². The number of carbonyl (C=O) groups excluding carboxylic acids is 1. The van der Waals surface area contributed by atoms with Gasteiger partial charge in [-0.05, 0) is 43.9 Å². The van der Waals surface area contributed by atoms with Crippen molar-refractivity contribution in [3.63, 3.8) is 0 Å². The van der Waals surface area contributed by atoms with Crippen molar-refractivity contribution < 1.29 is 4.79 Å². The highest BCUT2D eigenvalue weighted by Crippen LogP contribution is 2.33. The first-order chi connectivity index (χ1) is 11.2. The summed E-state index contributed by atoms with van der Waals surface area (Å²) in [5.41, 5.74) is 0.565. The number of benzene rings is 1. The molecule has 0 radical (unpaired) electrons. The minimum Gasteiger partial charge on any atom is -0.333 e. The highest BCUT2D eigenvalue weighted by molar-refractivity contribution is 6.35. The van der Waals surface area contributed by atoms with Crippen molar-refractivity contribution in [2.75, 3.05) is 0 Å². The van der Waals surface area contributed by atoms with E-state index in [9.17, 15) is 4.79 Å². The second-order valence-electron chi connectivity index (χ2n) is 6.92. The van der Waals surface area contributed by atoms with Gasteiger partial charge in [0.1, 0.15) is 0 Å². The van der Waals surface area contributed by atoms with Crippen LogP contribution in [-0.4, -0.2) is 22.9 Å². The summed E-state index contributed by atoms with van der Waals surface area (Å²) in [5.74, 6) is 0.0799. The molecule has 2 aliphatic carbocycles. The van der Waals surface area contributed by atoms with E-state index in [4.69, 9.17) is 23.2 Å². The van der Waals surface area contributed by atoms with Crippen LogP contribution in [0.25, 0.3) is 0 Å². The van der Waals surface area contributed by atoms with E-state index >= 15 is 0 Å². The molecule has 0 unspecified atom stereocenters. The summed E-state index contributed by atoms with van der Waals surface area (Å²) in [7, 11) is 0. The van der Waals surface area contributed by atoms with Gasteiger partial charge in [0, 0.05) is 17.1 Å². The fourth-order valence-corrected chi connectivity index (χ4v) is 4.52. The normalized spacial score (nSPS) is 20.4. The predicted octanol–water partition coefficient (Wildman–Crippen LogP) is 6.10. The van der Waals surface area contributed by atoms with Crippen molar-refractivity contribution in [2.24, 2.45) is 0 Å². The molecule has 2 fully saturated rings. The number of amides is 1. The fourth-order valence-electron chi connectivity index (χ4n) is 4.15. The maximum atomic E-state index is 13.3. The molecule has 0 bridgehead atoms. The van der Waals surface area contributed by atoms with Gasteiger partial charge in [-0.15, -0.1) is 0 Å². The van der Waals surface area contributed by atoms with E-state index in [0.29, 0.717) is 27.7 Å². The van der Waals surface area contributed by atoms with E-state index in [1.165, 1.54) is 38.5 Å². The number of halogens is 2. The summed E-state index contributed by atoms with van der Waals surface area (Å²) in [4.78, 5) is 15.5. The molecule has 1 amide bonds. The van der Waals surface area contributed by atoms with Crippen LogP contribution in [0.5, 0.6) is 0 Å². The number of hydrogen-bond donors (Lipinski definition) is 0. The van der Waals surface area contributed by atoms with Gasteiger partial charge in [0.15, 0.2) is 0 Å². The van der Waals surface area contributed by atoms with E-state index in [1.807, 2.05) is 0 Å². The fraction of sp³-hybridized carbons (Fsp3) is 0.632.